The lowest BCUT2D eigenvalue weighted by atomic mass is 9.97. The van der Waals surface area contributed by atoms with Crippen LogP contribution in [0, 0.1) is 11.7 Å². The number of hydrogen-bond donors (Lipinski definition) is 2. The van der Waals surface area contributed by atoms with E-state index >= 15 is 0 Å². The van der Waals surface area contributed by atoms with E-state index in [1.54, 1.807) is 4.90 Å². The van der Waals surface area contributed by atoms with Gasteiger partial charge in [-0.1, -0.05) is 0 Å². The van der Waals surface area contributed by atoms with Crippen LogP contribution >= 0.6 is 0 Å². The highest BCUT2D eigenvalue weighted by atomic mass is 19.1. The average molecular weight is 295 g/mol. The summed E-state index contributed by atoms with van der Waals surface area (Å²) >= 11 is 0. The molecule has 1 amide bonds. The van der Waals surface area contributed by atoms with Crippen molar-refractivity contribution in [3.05, 3.63) is 29.8 Å². The van der Waals surface area contributed by atoms with Crippen LogP contribution in [0.2, 0.25) is 0 Å². The van der Waals surface area contributed by atoms with Crippen LogP contribution in [0.5, 0.6) is 0 Å². The Balaban J connectivity index is 1.91. The normalized spacial score (nSPS) is 18.5. The predicted molar refractivity (Wildman–Crippen MR) is 73.3 cm³/mol. The fraction of sp³-hybridized carbons (Fsp3) is 0.500. The van der Waals surface area contributed by atoms with Crippen molar-refractivity contribution >= 4 is 11.9 Å². The first-order chi connectivity index (χ1) is 10.1. The first-order valence-corrected chi connectivity index (χ1v) is 6.88. The molecule has 2 heterocycles. The van der Waals surface area contributed by atoms with E-state index in [-0.39, 0.29) is 23.9 Å². The van der Waals surface area contributed by atoms with Crippen LogP contribution in [0.3, 0.4) is 0 Å². The molecule has 1 fully saturated rings. The minimum atomic E-state index is -0.899. The number of hydrogen-bond acceptors (Lipinski definition) is 4. The maximum Gasteiger partial charge on any atom is 0.317 e. The second kappa shape index (κ2) is 7.12. The molecule has 1 aliphatic heterocycles. The monoisotopic (exact) mass is 295 g/mol. The number of aromatic nitrogens is 1. The van der Waals surface area contributed by atoms with Crippen molar-refractivity contribution in [3.63, 3.8) is 0 Å². The summed E-state index contributed by atoms with van der Waals surface area (Å²) in [6.45, 7) is 1.64. The number of carboxylic acid groups (broad SMARTS) is 1. The Kier molecular flexibility index (Phi) is 5.21. The molecule has 0 aromatic carbocycles. The van der Waals surface area contributed by atoms with E-state index in [2.05, 4.69) is 10.3 Å². The van der Waals surface area contributed by atoms with E-state index < -0.39 is 11.8 Å². The molecule has 2 rings (SSSR count). The molecule has 7 heteroatoms. The summed E-state index contributed by atoms with van der Waals surface area (Å²) in [6, 6.07) is 1.18. The molecule has 0 saturated carbocycles. The van der Waals surface area contributed by atoms with Crippen LogP contribution in [0.25, 0.3) is 0 Å². The van der Waals surface area contributed by atoms with Gasteiger partial charge in [-0.15, -0.1) is 0 Å². The SMILES string of the molecule is O=C(O)CNCC1CCCN(C(=O)c2cncc(F)c2)C1. The number of nitrogens with one attached hydrogen (secondary N) is 1. The molecule has 0 aliphatic carbocycles. The van der Waals surface area contributed by atoms with Crippen molar-refractivity contribution in [1.82, 2.24) is 15.2 Å². The van der Waals surface area contributed by atoms with E-state index in [1.807, 2.05) is 0 Å². The van der Waals surface area contributed by atoms with Crippen molar-refractivity contribution in [3.8, 4) is 0 Å². The summed E-state index contributed by atoms with van der Waals surface area (Å²) in [4.78, 5) is 28.1. The molecule has 1 aromatic rings. The van der Waals surface area contributed by atoms with Gasteiger partial charge in [0, 0.05) is 25.8 Å². The number of carbonyl (C=O) groups excluding carboxylic acids is 1. The zero-order valence-electron chi connectivity index (χ0n) is 11.6. The Morgan fingerprint density at radius 2 is 2.29 bits per heavy atom. The van der Waals surface area contributed by atoms with Gasteiger partial charge >= 0.3 is 5.97 Å². The van der Waals surface area contributed by atoms with E-state index in [0.717, 1.165) is 19.0 Å². The fourth-order valence-electron chi connectivity index (χ4n) is 2.51. The summed E-state index contributed by atoms with van der Waals surface area (Å²) in [5.41, 5.74) is 0.245. The van der Waals surface area contributed by atoms with Crippen LogP contribution in [-0.2, 0) is 4.79 Å². The second-order valence-electron chi connectivity index (χ2n) is 5.18. The zero-order valence-corrected chi connectivity index (χ0v) is 11.6. The van der Waals surface area contributed by atoms with E-state index in [9.17, 15) is 14.0 Å². The number of halogens is 1. The quantitative estimate of drug-likeness (QED) is 0.837. The highest BCUT2D eigenvalue weighted by Gasteiger charge is 2.24. The molecule has 0 radical (unpaired) electrons. The Bertz CT molecular complexity index is 524. The number of likely N-dealkylation sites (tertiary alicyclic amines) is 1. The third-order valence-corrected chi connectivity index (χ3v) is 3.47. The minimum Gasteiger partial charge on any atom is -0.480 e. The Hall–Kier alpha value is -2.02. The summed E-state index contributed by atoms with van der Waals surface area (Å²) < 4.78 is 13.1. The molecule has 1 unspecified atom stereocenters. The molecule has 1 atom stereocenters. The number of carboxylic acids is 1. The van der Waals surface area contributed by atoms with Gasteiger partial charge in [-0.2, -0.15) is 0 Å². The third-order valence-electron chi connectivity index (χ3n) is 3.47. The number of pyridine rings is 1. The molecular weight excluding hydrogens is 277 g/mol. The lowest BCUT2D eigenvalue weighted by Crippen LogP contribution is -2.43. The maximum absolute atomic E-state index is 13.1. The number of rotatable bonds is 5. The Morgan fingerprint density at radius 3 is 3.00 bits per heavy atom. The van der Waals surface area contributed by atoms with E-state index in [4.69, 9.17) is 5.11 Å². The highest BCUT2D eigenvalue weighted by Crippen LogP contribution is 2.18. The van der Waals surface area contributed by atoms with Crippen molar-refractivity contribution in [1.29, 1.82) is 0 Å². The number of carbonyl (C=O) groups is 2. The van der Waals surface area contributed by atoms with Crippen LogP contribution < -0.4 is 5.32 Å². The minimum absolute atomic E-state index is 0.0851. The first kappa shape index (κ1) is 15.4. The zero-order chi connectivity index (χ0) is 15.2. The summed E-state index contributed by atoms with van der Waals surface area (Å²) in [5.74, 6) is -1.45. The van der Waals surface area contributed by atoms with E-state index in [0.29, 0.717) is 19.6 Å². The second-order valence-corrected chi connectivity index (χ2v) is 5.18. The summed E-state index contributed by atoms with van der Waals surface area (Å²) in [7, 11) is 0. The highest BCUT2D eigenvalue weighted by molar-refractivity contribution is 5.93. The van der Waals surface area contributed by atoms with Gasteiger partial charge < -0.3 is 15.3 Å². The molecule has 114 valence electrons. The van der Waals surface area contributed by atoms with E-state index in [1.165, 1.54) is 12.3 Å². The van der Waals surface area contributed by atoms with Crippen molar-refractivity contribution in [2.24, 2.45) is 5.92 Å². The van der Waals surface area contributed by atoms with Crippen LogP contribution in [0.15, 0.2) is 18.5 Å². The molecule has 1 aromatic heterocycles. The lowest BCUT2D eigenvalue weighted by Gasteiger charge is -2.32. The maximum atomic E-state index is 13.1. The summed E-state index contributed by atoms with van der Waals surface area (Å²) in [6.07, 6.45) is 4.22. The lowest BCUT2D eigenvalue weighted by molar-refractivity contribution is -0.136. The largest absolute Gasteiger partial charge is 0.480 e. The number of aliphatic carboxylic acids is 1. The van der Waals surface area contributed by atoms with Crippen molar-refractivity contribution in [2.45, 2.75) is 12.8 Å². The number of amides is 1. The van der Waals surface area contributed by atoms with Crippen LogP contribution in [0.1, 0.15) is 23.2 Å². The van der Waals surface area contributed by atoms with Gasteiger partial charge in [0.1, 0.15) is 5.82 Å². The smallest absolute Gasteiger partial charge is 0.317 e. The first-order valence-electron chi connectivity index (χ1n) is 6.88. The fourth-order valence-corrected chi connectivity index (χ4v) is 2.51. The molecule has 21 heavy (non-hydrogen) atoms. The third kappa shape index (κ3) is 4.49. The van der Waals surface area contributed by atoms with Gasteiger partial charge in [-0.25, -0.2) is 4.39 Å². The Morgan fingerprint density at radius 1 is 1.48 bits per heavy atom. The molecule has 1 aliphatic rings. The average Bonchev–Trinajstić information content (AvgIpc) is 2.46. The summed E-state index contributed by atoms with van der Waals surface area (Å²) in [5, 5.41) is 11.4. The van der Waals surface area contributed by atoms with Gasteiger partial charge in [0.2, 0.25) is 0 Å². The molecule has 6 nitrogen and oxygen atoms in total. The number of nitrogens with zero attached hydrogens (tertiary/aromatic N) is 2. The molecule has 0 bridgehead atoms. The topological polar surface area (TPSA) is 82.5 Å². The number of piperidine rings is 1. The van der Waals surface area contributed by atoms with Gasteiger partial charge in [0.05, 0.1) is 18.3 Å². The Labute approximate surface area is 122 Å². The van der Waals surface area contributed by atoms with Gasteiger partial charge in [0.25, 0.3) is 5.91 Å². The van der Waals surface area contributed by atoms with Crippen LogP contribution in [-0.4, -0.2) is 53.0 Å². The van der Waals surface area contributed by atoms with Crippen LogP contribution in [0.4, 0.5) is 4.39 Å². The van der Waals surface area contributed by atoms with Crippen molar-refractivity contribution < 1.29 is 19.1 Å². The molecule has 1 saturated heterocycles. The van der Waals surface area contributed by atoms with Gasteiger partial charge in [-0.05, 0) is 24.8 Å². The predicted octanol–water partition coefficient (Wildman–Crippen LogP) is 0.747. The molecular formula is C14H18FN3O3. The molecule has 2 N–H and O–H groups in total. The van der Waals surface area contributed by atoms with Gasteiger partial charge in [0.15, 0.2) is 0 Å². The standard InChI is InChI=1S/C14H18FN3O3/c15-12-4-11(6-17-7-12)14(21)18-3-1-2-10(9-18)5-16-8-13(19)20/h4,6-7,10,16H,1-3,5,8-9H2,(H,19,20). The van der Waals surface area contributed by atoms with Gasteiger partial charge in [-0.3, -0.25) is 14.6 Å². The molecule has 0 spiro atoms. The van der Waals surface area contributed by atoms with Crippen molar-refractivity contribution in [2.75, 3.05) is 26.2 Å².